The Morgan fingerprint density at radius 2 is 2.59 bits per heavy atom. The monoisotopic (exact) mass is 257 g/mol. The average Bonchev–Trinajstić information content (AvgIpc) is 2.95. The summed E-state index contributed by atoms with van der Waals surface area (Å²) in [6.45, 7) is 1.63. The van der Waals surface area contributed by atoms with E-state index in [2.05, 4.69) is 10.2 Å². The number of thioether (sulfide) groups is 1. The lowest BCUT2D eigenvalue weighted by Gasteiger charge is -2.10. The molecule has 0 aliphatic carbocycles. The second kappa shape index (κ2) is 6.02. The maximum absolute atomic E-state index is 10.5. The normalized spacial score (nSPS) is 19.6. The first kappa shape index (κ1) is 12.4. The lowest BCUT2D eigenvalue weighted by atomic mass is 10.2. The molecule has 0 bridgehead atoms. The van der Waals surface area contributed by atoms with Crippen molar-refractivity contribution in [2.75, 3.05) is 12.4 Å². The first-order valence-electron chi connectivity index (χ1n) is 5.59. The molecule has 1 aliphatic rings. The molecular weight excluding hydrogens is 242 g/mol. The highest BCUT2D eigenvalue weighted by molar-refractivity contribution is 7.99. The van der Waals surface area contributed by atoms with E-state index in [1.165, 1.54) is 11.8 Å². The van der Waals surface area contributed by atoms with E-state index in [9.17, 15) is 4.79 Å². The Morgan fingerprint density at radius 3 is 3.29 bits per heavy atom. The largest absolute Gasteiger partial charge is 0.481 e. The van der Waals surface area contributed by atoms with E-state index in [1.54, 1.807) is 6.33 Å². The van der Waals surface area contributed by atoms with E-state index < -0.39 is 5.97 Å². The Balaban J connectivity index is 1.82. The summed E-state index contributed by atoms with van der Waals surface area (Å²) in [5.74, 6) is -0.831. The van der Waals surface area contributed by atoms with Gasteiger partial charge in [0, 0.05) is 13.2 Å². The summed E-state index contributed by atoms with van der Waals surface area (Å²) < 4.78 is 7.42. The van der Waals surface area contributed by atoms with E-state index >= 15 is 0 Å². The van der Waals surface area contributed by atoms with E-state index in [4.69, 9.17) is 9.84 Å². The molecule has 0 amide bonds. The fourth-order valence-corrected chi connectivity index (χ4v) is 2.45. The number of aliphatic carboxylic acids is 1. The number of hydrogen-bond donors (Lipinski definition) is 1. The smallest absolute Gasteiger partial charge is 0.313 e. The van der Waals surface area contributed by atoms with Crippen molar-refractivity contribution in [3.8, 4) is 0 Å². The molecule has 7 heteroatoms. The molecule has 1 atom stereocenters. The molecule has 1 aliphatic heterocycles. The van der Waals surface area contributed by atoms with Gasteiger partial charge in [-0.3, -0.25) is 4.79 Å². The fraction of sp³-hybridized carbons (Fsp3) is 0.700. The summed E-state index contributed by atoms with van der Waals surface area (Å²) in [6.07, 6.45) is 5.14. The van der Waals surface area contributed by atoms with Crippen LogP contribution in [0.4, 0.5) is 0 Å². The molecule has 6 nitrogen and oxygen atoms in total. The van der Waals surface area contributed by atoms with Crippen LogP contribution < -0.4 is 0 Å². The SMILES string of the molecule is O=C(O)CSc1nncn1CCC1CCCO1. The van der Waals surface area contributed by atoms with Crippen LogP contribution in [-0.4, -0.2) is 44.3 Å². The number of carboxylic acid groups (broad SMARTS) is 1. The Morgan fingerprint density at radius 1 is 1.71 bits per heavy atom. The lowest BCUT2D eigenvalue weighted by molar-refractivity contribution is -0.133. The van der Waals surface area contributed by atoms with Crippen molar-refractivity contribution < 1.29 is 14.6 Å². The molecule has 0 saturated carbocycles. The minimum Gasteiger partial charge on any atom is -0.481 e. The molecule has 1 aromatic heterocycles. The number of carboxylic acids is 1. The van der Waals surface area contributed by atoms with Gasteiger partial charge < -0.3 is 14.4 Å². The first-order chi connectivity index (χ1) is 8.25. The molecule has 2 heterocycles. The summed E-state index contributed by atoms with van der Waals surface area (Å²) in [5, 5.41) is 17.0. The van der Waals surface area contributed by atoms with Gasteiger partial charge in [0.15, 0.2) is 5.16 Å². The molecule has 1 fully saturated rings. The van der Waals surface area contributed by atoms with E-state index in [-0.39, 0.29) is 5.75 Å². The molecule has 0 radical (unpaired) electrons. The zero-order valence-electron chi connectivity index (χ0n) is 9.41. The topological polar surface area (TPSA) is 77.2 Å². The van der Waals surface area contributed by atoms with Crippen LogP contribution in [0.3, 0.4) is 0 Å². The van der Waals surface area contributed by atoms with Crippen LogP contribution in [0.15, 0.2) is 11.5 Å². The summed E-state index contributed by atoms with van der Waals surface area (Å²) in [5.41, 5.74) is 0. The van der Waals surface area contributed by atoms with Gasteiger partial charge in [-0.1, -0.05) is 11.8 Å². The van der Waals surface area contributed by atoms with E-state index in [0.29, 0.717) is 11.3 Å². The van der Waals surface area contributed by atoms with Gasteiger partial charge in [0.25, 0.3) is 0 Å². The molecule has 1 saturated heterocycles. The van der Waals surface area contributed by atoms with Gasteiger partial charge in [0.1, 0.15) is 6.33 Å². The van der Waals surface area contributed by atoms with Crippen LogP contribution in [-0.2, 0) is 16.1 Å². The summed E-state index contributed by atoms with van der Waals surface area (Å²) in [4.78, 5) is 10.5. The van der Waals surface area contributed by atoms with Gasteiger partial charge in [-0.2, -0.15) is 0 Å². The van der Waals surface area contributed by atoms with Crippen molar-refractivity contribution in [3.63, 3.8) is 0 Å². The Bertz CT molecular complexity index is 377. The molecule has 17 heavy (non-hydrogen) atoms. The quantitative estimate of drug-likeness (QED) is 0.767. The van der Waals surface area contributed by atoms with Crippen LogP contribution in [0.1, 0.15) is 19.3 Å². The van der Waals surface area contributed by atoms with Gasteiger partial charge in [-0.05, 0) is 19.3 Å². The van der Waals surface area contributed by atoms with Crippen LogP contribution in [0, 0.1) is 0 Å². The number of aromatic nitrogens is 3. The molecular formula is C10H15N3O3S. The maximum Gasteiger partial charge on any atom is 0.313 e. The zero-order valence-corrected chi connectivity index (χ0v) is 10.2. The van der Waals surface area contributed by atoms with Crippen molar-refractivity contribution in [1.82, 2.24) is 14.8 Å². The van der Waals surface area contributed by atoms with Gasteiger partial charge in [-0.25, -0.2) is 0 Å². The van der Waals surface area contributed by atoms with Crippen molar-refractivity contribution in [2.45, 2.75) is 37.1 Å². The Hall–Kier alpha value is -1.08. The number of ether oxygens (including phenoxy) is 1. The summed E-state index contributed by atoms with van der Waals surface area (Å²) >= 11 is 1.19. The van der Waals surface area contributed by atoms with Crippen molar-refractivity contribution in [1.29, 1.82) is 0 Å². The minimum absolute atomic E-state index is 0.0125. The number of nitrogens with zero attached hydrogens (tertiary/aromatic N) is 3. The lowest BCUT2D eigenvalue weighted by Crippen LogP contribution is -2.10. The highest BCUT2D eigenvalue weighted by atomic mass is 32.2. The van der Waals surface area contributed by atoms with Crippen LogP contribution in [0.5, 0.6) is 0 Å². The third kappa shape index (κ3) is 3.71. The third-order valence-electron chi connectivity index (χ3n) is 2.62. The average molecular weight is 257 g/mol. The zero-order chi connectivity index (χ0) is 12.1. The molecule has 1 aromatic rings. The first-order valence-corrected chi connectivity index (χ1v) is 6.58. The Kier molecular flexibility index (Phi) is 4.38. The van der Waals surface area contributed by atoms with E-state index in [0.717, 1.165) is 32.4 Å². The van der Waals surface area contributed by atoms with Crippen molar-refractivity contribution in [2.24, 2.45) is 0 Å². The maximum atomic E-state index is 10.5. The Labute approximate surface area is 103 Å². The number of hydrogen-bond acceptors (Lipinski definition) is 5. The number of aryl methyl sites for hydroxylation is 1. The second-order valence-corrected chi connectivity index (χ2v) is 4.86. The molecule has 94 valence electrons. The molecule has 0 aromatic carbocycles. The highest BCUT2D eigenvalue weighted by Gasteiger charge is 2.16. The summed E-state index contributed by atoms with van der Waals surface area (Å²) in [6, 6.07) is 0. The molecule has 1 N–H and O–H groups in total. The molecule has 1 unspecified atom stereocenters. The highest BCUT2D eigenvalue weighted by Crippen LogP contribution is 2.19. The van der Waals surface area contributed by atoms with Gasteiger partial charge >= 0.3 is 5.97 Å². The molecule has 2 rings (SSSR count). The second-order valence-electron chi connectivity index (χ2n) is 3.91. The van der Waals surface area contributed by atoms with Crippen LogP contribution in [0.25, 0.3) is 0 Å². The minimum atomic E-state index is -0.844. The van der Waals surface area contributed by atoms with Gasteiger partial charge in [-0.15, -0.1) is 10.2 Å². The van der Waals surface area contributed by atoms with Crippen molar-refractivity contribution >= 4 is 17.7 Å². The number of carbonyl (C=O) groups is 1. The fourth-order valence-electron chi connectivity index (χ4n) is 1.79. The van der Waals surface area contributed by atoms with Crippen LogP contribution >= 0.6 is 11.8 Å². The third-order valence-corrected chi connectivity index (χ3v) is 3.59. The predicted molar refractivity (Wildman–Crippen MR) is 62.0 cm³/mol. The van der Waals surface area contributed by atoms with Gasteiger partial charge in [0.2, 0.25) is 0 Å². The van der Waals surface area contributed by atoms with Gasteiger partial charge in [0.05, 0.1) is 11.9 Å². The number of rotatable bonds is 6. The van der Waals surface area contributed by atoms with Crippen molar-refractivity contribution in [3.05, 3.63) is 6.33 Å². The van der Waals surface area contributed by atoms with E-state index in [1.807, 2.05) is 4.57 Å². The summed E-state index contributed by atoms with van der Waals surface area (Å²) in [7, 11) is 0. The predicted octanol–water partition coefficient (Wildman–Crippen LogP) is 1.02. The molecule has 0 spiro atoms. The standard InChI is InChI=1S/C10H15N3O3S/c14-9(15)6-17-10-12-11-7-13(10)4-3-8-2-1-5-16-8/h7-8H,1-6H2,(H,14,15). The van der Waals surface area contributed by atoms with Crippen LogP contribution in [0.2, 0.25) is 0 Å².